The molecule has 2 amide bonds. The zero-order valence-electron chi connectivity index (χ0n) is 20.7. The summed E-state index contributed by atoms with van der Waals surface area (Å²) in [6.45, 7) is 6.66. The molecule has 8 heteroatoms. The van der Waals surface area contributed by atoms with Crippen molar-refractivity contribution in [3.8, 4) is 0 Å². The van der Waals surface area contributed by atoms with Gasteiger partial charge >= 0.3 is 5.97 Å². The maximum absolute atomic E-state index is 13.5. The van der Waals surface area contributed by atoms with Crippen molar-refractivity contribution in [2.24, 2.45) is 11.3 Å². The fourth-order valence-electron chi connectivity index (χ4n) is 4.43. The Morgan fingerprint density at radius 2 is 1.58 bits per heavy atom. The molecule has 0 saturated heterocycles. The minimum atomic E-state index is -0.459. The molecule has 36 heavy (non-hydrogen) atoms. The molecule has 1 aliphatic rings. The fraction of sp³-hybridized carbons (Fsp3) is 0.321. The van der Waals surface area contributed by atoms with Crippen LogP contribution in [0.2, 0.25) is 0 Å². The zero-order valence-corrected chi connectivity index (χ0v) is 21.6. The highest BCUT2D eigenvalue weighted by Gasteiger charge is 2.34. The van der Waals surface area contributed by atoms with Gasteiger partial charge in [-0.15, -0.1) is 11.3 Å². The van der Waals surface area contributed by atoms with Crippen molar-refractivity contribution < 1.29 is 23.5 Å². The summed E-state index contributed by atoms with van der Waals surface area (Å²) < 4.78 is 18.0. The largest absolute Gasteiger partial charge is 0.465 e. The molecule has 4 rings (SSSR count). The Labute approximate surface area is 213 Å². The van der Waals surface area contributed by atoms with Gasteiger partial charge in [0.2, 0.25) is 0 Å². The Morgan fingerprint density at radius 3 is 2.19 bits per heavy atom. The first-order valence-corrected chi connectivity index (χ1v) is 12.6. The van der Waals surface area contributed by atoms with Crippen LogP contribution in [-0.2, 0) is 17.6 Å². The van der Waals surface area contributed by atoms with E-state index >= 15 is 0 Å². The van der Waals surface area contributed by atoms with Crippen molar-refractivity contribution >= 4 is 39.8 Å². The summed E-state index contributed by atoms with van der Waals surface area (Å²) in [5.74, 6) is -1.16. The summed E-state index contributed by atoms with van der Waals surface area (Å²) in [5, 5.41) is 6.27. The summed E-state index contributed by atoms with van der Waals surface area (Å²) >= 11 is 1.43. The topological polar surface area (TPSA) is 84.5 Å². The molecule has 2 N–H and O–H groups in total. The van der Waals surface area contributed by atoms with Gasteiger partial charge in [0.15, 0.2) is 0 Å². The predicted octanol–water partition coefficient (Wildman–Crippen LogP) is 6.33. The Kier molecular flexibility index (Phi) is 7.26. The third-order valence-electron chi connectivity index (χ3n) is 6.61. The van der Waals surface area contributed by atoms with E-state index in [1.54, 1.807) is 24.3 Å². The van der Waals surface area contributed by atoms with E-state index in [1.807, 2.05) is 0 Å². The molecule has 0 fully saturated rings. The second-order valence-corrected chi connectivity index (χ2v) is 11.1. The van der Waals surface area contributed by atoms with E-state index in [9.17, 15) is 18.8 Å². The summed E-state index contributed by atoms with van der Waals surface area (Å²) in [6, 6.07) is 11.7. The second-order valence-electron chi connectivity index (χ2n) is 10.00. The van der Waals surface area contributed by atoms with Crippen LogP contribution in [0.25, 0.3) is 0 Å². The number of nitrogens with one attached hydrogen (secondary N) is 2. The Bertz CT molecular complexity index is 1290. The lowest BCUT2D eigenvalue weighted by molar-refractivity contribution is 0.0600. The SMILES string of the molecule is COC(=O)c1ccc(NC(=O)c2c(NC(=O)c3ccc(F)cc3)sc3c2CC[C@@H](C(C)(C)C)C3)cc1. The monoisotopic (exact) mass is 508 g/mol. The van der Waals surface area contributed by atoms with E-state index < -0.39 is 17.7 Å². The summed E-state index contributed by atoms with van der Waals surface area (Å²) in [4.78, 5) is 39.2. The number of hydrogen-bond acceptors (Lipinski definition) is 5. The fourth-order valence-corrected chi connectivity index (χ4v) is 5.75. The highest BCUT2D eigenvalue weighted by Crippen LogP contribution is 2.44. The highest BCUT2D eigenvalue weighted by atomic mass is 32.1. The number of thiophene rings is 1. The Morgan fingerprint density at radius 1 is 0.944 bits per heavy atom. The molecule has 0 aliphatic heterocycles. The van der Waals surface area contributed by atoms with Crippen LogP contribution in [0.1, 0.15) is 68.7 Å². The van der Waals surface area contributed by atoms with E-state index in [0.717, 1.165) is 29.7 Å². The van der Waals surface area contributed by atoms with Crippen LogP contribution >= 0.6 is 11.3 Å². The number of carbonyl (C=O) groups excluding carboxylic acids is 3. The zero-order chi connectivity index (χ0) is 26.0. The van der Waals surface area contributed by atoms with Crippen LogP contribution < -0.4 is 10.6 Å². The van der Waals surface area contributed by atoms with E-state index in [4.69, 9.17) is 4.74 Å². The molecule has 1 aliphatic carbocycles. The number of methoxy groups -OCH3 is 1. The molecule has 0 spiro atoms. The van der Waals surface area contributed by atoms with Gasteiger partial charge in [-0.1, -0.05) is 20.8 Å². The number of amides is 2. The smallest absolute Gasteiger partial charge is 0.337 e. The van der Waals surface area contributed by atoms with Crippen LogP contribution in [-0.4, -0.2) is 24.9 Å². The average molecular weight is 509 g/mol. The highest BCUT2D eigenvalue weighted by molar-refractivity contribution is 7.17. The second kappa shape index (κ2) is 10.2. The number of halogens is 1. The van der Waals surface area contributed by atoms with Crippen molar-refractivity contribution in [1.82, 2.24) is 0 Å². The molecule has 0 radical (unpaired) electrons. The number of esters is 1. The van der Waals surface area contributed by atoms with Gasteiger partial charge in [0, 0.05) is 16.1 Å². The van der Waals surface area contributed by atoms with Crippen LogP contribution in [0, 0.1) is 17.2 Å². The summed E-state index contributed by atoms with van der Waals surface area (Å²) in [6.07, 6.45) is 2.53. The minimum Gasteiger partial charge on any atom is -0.465 e. The Hall–Kier alpha value is -3.52. The van der Waals surface area contributed by atoms with Gasteiger partial charge in [0.1, 0.15) is 10.8 Å². The molecule has 3 aromatic rings. The third-order valence-corrected chi connectivity index (χ3v) is 7.78. The normalized spacial score (nSPS) is 15.1. The third kappa shape index (κ3) is 5.49. The van der Waals surface area contributed by atoms with E-state index in [2.05, 4.69) is 31.4 Å². The molecule has 1 aromatic heterocycles. The van der Waals surface area contributed by atoms with Gasteiger partial charge in [-0.05, 0) is 84.7 Å². The maximum atomic E-state index is 13.5. The molecule has 0 unspecified atom stereocenters. The predicted molar refractivity (Wildman–Crippen MR) is 139 cm³/mol. The molecule has 2 aromatic carbocycles. The van der Waals surface area contributed by atoms with E-state index in [1.165, 1.54) is 42.7 Å². The van der Waals surface area contributed by atoms with Gasteiger partial charge in [-0.3, -0.25) is 9.59 Å². The maximum Gasteiger partial charge on any atom is 0.337 e. The van der Waals surface area contributed by atoms with Crippen LogP contribution in [0.5, 0.6) is 0 Å². The first-order chi connectivity index (χ1) is 17.1. The molecule has 1 atom stereocenters. The van der Waals surface area contributed by atoms with Gasteiger partial charge in [-0.25, -0.2) is 9.18 Å². The quantitative estimate of drug-likeness (QED) is 0.395. The van der Waals surface area contributed by atoms with Gasteiger partial charge in [-0.2, -0.15) is 0 Å². The summed E-state index contributed by atoms with van der Waals surface area (Å²) in [7, 11) is 1.31. The molecule has 6 nitrogen and oxygen atoms in total. The van der Waals surface area contributed by atoms with Crippen molar-refractivity contribution in [2.75, 3.05) is 17.7 Å². The van der Waals surface area contributed by atoms with Crippen molar-refractivity contribution in [3.63, 3.8) is 0 Å². The number of ether oxygens (including phenoxy) is 1. The molecule has 188 valence electrons. The van der Waals surface area contributed by atoms with Crippen LogP contribution in [0.3, 0.4) is 0 Å². The molecule has 0 saturated carbocycles. The lowest BCUT2D eigenvalue weighted by Gasteiger charge is -2.33. The standard InChI is InChI=1S/C28H29FN2O4S/c1-28(2,3)18-9-14-21-22(15-18)36-26(31-24(32)16-5-10-19(29)11-6-16)23(21)25(33)30-20-12-7-17(8-13-20)27(34)35-4/h5-8,10-13,18H,9,14-15H2,1-4H3,(H,30,33)(H,31,32)/t18-/m1/s1. The number of hydrogen-bond donors (Lipinski definition) is 2. The van der Waals surface area contributed by atoms with Gasteiger partial charge < -0.3 is 15.4 Å². The Balaban J connectivity index is 1.65. The van der Waals surface area contributed by atoms with Crippen molar-refractivity contribution in [1.29, 1.82) is 0 Å². The van der Waals surface area contributed by atoms with Crippen LogP contribution in [0.4, 0.5) is 15.1 Å². The number of fused-ring (bicyclic) bond motifs is 1. The van der Waals surface area contributed by atoms with E-state index in [0.29, 0.717) is 33.3 Å². The number of rotatable bonds is 5. The van der Waals surface area contributed by atoms with Crippen molar-refractivity contribution in [2.45, 2.75) is 40.0 Å². The van der Waals surface area contributed by atoms with Crippen LogP contribution in [0.15, 0.2) is 48.5 Å². The lowest BCUT2D eigenvalue weighted by atomic mass is 9.72. The van der Waals surface area contributed by atoms with Crippen molar-refractivity contribution in [3.05, 3.63) is 81.5 Å². The minimum absolute atomic E-state index is 0.128. The molecular weight excluding hydrogens is 479 g/mol. The first-order valence-electron chi connectivity index (χ1n) is 11.8. The molecule has 0 bridgehead atoms. The van der Waals surface area contributed by atoms with Gasteiger partial charge in [0.05, 0.1) is 18.2 Å². The lowest BCUT2D eigenvalue weighted by Crippen LogP contribution is -2.27. The number of anilines is 2. The summed E-state index contributed by atoms with van der Waals surface area (Å²) in [5.41, 5.74) is 2.74. The molecular formula is C28H29FN2O4S. The number of benzene rings is 2. The van der Waals surface area contributed by atoms with E-state index in [-0.39, 0.29) is 11.3 Å². The first kappa shape index (κ1) is 25.6. The average Bonchev–Trinajstić information content (AvgIpc) is 3.21. The van der Waals surface area contributed by atoms with Gasteiger partial charge in [0.25, 0.3) is 11.8 Å². The number of carbonyl (C=O) groups is 3. The molecule has 1 heterocycles.